The molecule has 0 bridgehead atoms. The molecule has 0 N–H and O–H groups in total. The highest BCUT2D eigenvalue weighted by Crippen LogP contribution is 2.20. The van der Waals surface area contributed by atoms with Crippen LogP contribution < -0.4 is 0 Å². The average molecular weight is 284 g/mol. The van der Waals surface area contributed by atoms with Crippen LogP contribution >= 0.6 is 0 Å². The Morgan fingerprint density at radius 2 is 1.81 bits per heavy atom. The van der Waals surface area contributed by atoms with E-state index in [1.54, 1.807) is 0 Å². The van der Waals surface area contributed by atoms with Gasteiger partial charge in [0.2, 0.25) is 5.91 Å². The largest absolute Gasteiger partial charge is 0.356 e. The molecule has 2 heterocycles. The van der Waals surface area contributed by atoms with Gasteiger partial charge < -0.3 is 9.42 Å². The van der Waals surface area contributed by atoms with Crippen molar-refractivity contribution in [1.82, 2.24) is 10.1 Å². The van der Waals surface area contributed by atoms with Crippen LogP contribution in [0, 0.1) is 0 Å². The van der Waals surface area contributed by atoms with Crippen molar-refractivity contribution in [3.05, 3.63) is 42.1 Å². The third-order valence-corrected chi connectivity index (χ3v) is 3.91. The van der Waals surface area contributed by atoms with Gasteiger partial charge in [-0.15, -0.1) is 0 Å². The number of likely N-dealkylation sites (tertiary alicyclic amines) is 1. The van der Waals surface area contributed by atoms with Gasteiger partial charge in [-0.25, -0.2) is 0 Å². The summed E-state index contributed by atoms with van der Waals surface area (Å²) < 4.78 is 5.34. The average Bonchev–Trinajstić information content (AvgIpc) is 2.81. The minimum atomic E-state index is 0.157. The highest BCUT2D eigenvalue weighted by molar-refractivity contribution is 5.78. The summed E-state index contributed by atoms with van der Waals surface area (Å²) in [6, 6.07) is 11.7. The first-order valence-corrected chi connectivity index (χ1v) is 7.62. The third kappa shape index (κ3) is 3.51. The fourth-order valence-corrected chi connectivity index (χ4v) is 2.72. The van der Waals surface area contributed by atoms with E-state index >= 15 is 0 Å². The number of amides is 1. The van der Waals surface area contributed by atoms with Gasteiger partial charge >= 0.3 is 0 Å². The van der Waals surface area contributed by atoms with Gasteiger partial charge in [-0.05, 0) is 12.8 Å². The zero-order valence-electron chi connectivity index (χ0n) is 12.1. The molecule has 110 valence electrons. The predicted octanol–water partition coefficient (Wildman–Crippen LogP) is 3.29. The molecule has 0 radical (unpaired) electrons. The van der Waals surface area contributed by atoms with E-state index in [-0.39, 0.29) is 5.91 Å². The zero-order chi connectivity index (χ0) is 14.5. The predicted molar refractivity (Wildman–Crippen MR) is 80.7 cm³/mol. The van der Waals surface area contributed by atoms with Crippen molar-refractivity contribution >= 4 is 5.91 Å². The Bertz CT molecular complexity index is 584. The fraction of sp³-hybridized carbons (Fsp3) is 0.412. The normalized spacial score (nSPS) is 15.7. The maximum Gasteiger partial charge on any atom is 0.228 e. The van der Waals surface area contributed by atoms with E-state index in [2.05, 4.69) is 5.16 Å². The van der Waals surface area contributed by atoms with Gasteiger partial charge in [0.05, 0.1) is 12.1 Å². The number of aromatic nitrogens is 1. The number of hydrogen-bond acceptors (Lipinski definition) is 3. The number of carbonyl (C=O) groups excluding carboxylic acids is 1. The van der Waals surface area contributed by atoms with Crippen LogP contribution in [0.2, 0.25) is 0 Å². The Hall–Kier alpha value is -2.10. The standard InChI is InChI=1S/C17H20N2O2/c20-17(19-10-6-1-2-7-11-19)13-15-12-16(21-18-15)14-8-4-3-5-9-14/h3-5,8-9,12H,1-2,6-7,10-11,13H2. The van der Waals surface area contributed by atoms with Crippen molar-refractivity contribution in [3.8, 4) is 11.3 Å². The number of hydrogen-bond donors (Lipinski definition) is 0. The van der Waals surface area contributed by atoms with Gasteiger partial charge in [-0.1, -0.05) is 48.3 Å². The van der Waals surface area contributed by atoms with E-state index in [0.29, 0.717) is 17.9 Å². The minimum absolute atomic E-state index is 0.157. The second kappa shape index (κ2) is 6.57. The summed E-state index contributed by atoms with van der Waals surface area (Å²) in [5.41, 5.74) is 1.70. The molecule has 1 aromatic carbocycles. The zero-order valence-corrected chi connectivity index (χ0v) is 12.1. The molecule has 1 amide bonds. The molecule has 4 nitrogen and oxygen atoms in total. The van der Waals surface area contributed by atoms with E-state index < -0.39 is 0 Å². The molecule has 0 spiro atoms. The van der Waals surface area contributed by atoms with Crippen LogP contribution in [0.25, 0.3) is 11.3 Å². The Balaban J connectivity index is 1.65. The first-order valence-electron chi connectivity index (χ1n) is 7.62. The Kier molecular flexibility index (Phi) is 4.34. The minimum Gasteiger partial charge on any atom is -0.356 e. The van der Waals surface area contributed by atoms with Crippen LogP contribution in [0.15, 0.2) is 40.9 Å². The Labute approximate surface area is 124 Å². The van der Waals surface area contributed by atoms with Gasteiger partial charge in [-0.3, -0.25) is 4.79 Å². The first kappa shape index (κ1) is 13.9. The summed E-state index contributed by atoms with van der Waals surface area (Å²) in [6.07, 6.45) is 5.01. The summed E-state index contributed by atoms with van der Waals surface area (Å²) in [5.74, 6) is 0.874. The van der Waals surface area contributed by atoms with E-state index in [9.17, 15) is 4.79 Å². The lowest BCUT2D eigenvalue weighted by Gasteiger charge is -2.19. The molecule has 1 fully saturated rings. The topological polar surface area (TPSA) is 46.3 Å². The molecule has 0 unspecified atom stereocenters. The van der Waals surface area contributed by atoms with Crippen LogP contribution in [0.4, 0.5) is 0 Å². The highest BCUT2D eigenvalue weighted by Gasteiger charge is 2.17. The highest BCUT2D eigenvalue weighted by atomic mass is 16.5. The summed E-state index contributed by atoms with van der Waals surface area (Å²) in [4.78, 5) is 14.3. The SMILES string of the molecule is O=C(Cc1cc(-c2ccccc2)on1)N1CCCCCC1. The van der Waals surface area contributed by atoms with Gasteiger partial charge in [0.1, 0.15) is 0 Å². The van der Waals surface area contributed by atoms with E-state index in [0.717, 1.165) is 31.5 Å². The van der Waals surface area contributed by atoms with Crippen LogP contribution in [-0.2, 0) is 11.2 Å². The van der Waals surface area contributed by atoms with Gasteiger partial charge in [-0.2, -0.15) is 0 Å². The molecule has 21 heavy (non-hydrogen) atoms. The van der Waals surface area contributed by atoms with Crippen molar-refractivity contribution in [2.75, 3.05) is 13.1 Å². The molecule has 0 aliphatic carbocycles. The number of rotatable bonds is 3. The van der Waals surface area contributed by atoms with Crippen LogP contribution in [0.3, 0.4) is 0 Å². The van der Waals surface area contributed by atoms with Gasteiger partial charge in [0.15, 0.2) is 5.76 Å². The summed E-state index contributed by atoms with van der Waals surface area (Å²) in [5, 5.41) is 4.03. The molecule has 1 aromatic heterocycles. The van der Waals surface area contributed by atoms with Gasteiger partial charge in [0, 0.05) is 24.7 Å². The van der Waals surface area contributed by atoms with Crippen molar-refractivity contribution in [2.24, 2.45) is 0 Å². The molecular weight excluding hydrogens is 264 g/mol. The lowest BCUT2D eigenvalue weighted by molar-refractivity contribution is -0.130. The molecular formula is C17H20N2O2. The molecule has 2 aromatic rings. The quantitative estimate of drug-likeness (QED) is 0.869. The molecule has 1 aliphatic heterocycles. The van der Waals surface area contributed by atoms with E-state index in [4.69, 9.17) is 4.52 Å². The smallest absolute Gasteiger partial charge is 0.228 e. The van der Waals surface area contributed by atoms with Crippen molar-refractivity contribution < 1.29 is 9.32 Å². The first-order chi connectivity index (χ1) is 10.3. The molecule has 0 saturated carbocycles. The Morgan fingerprint density at radius 3 is 2.52 bits per heavy atom. The molecule has 0 atom stereocenters. The second-order valence-corrected chi connectivity index (χ2v) is 5.52. The van der Waals surface area contributed by atoms with Crippen LogP contribution in [0.1, 0.15) is 31.4 Å². The molecule has 4 heteroatoms. The Morgan fingerprint density at radius 1 is 1.10 bits per heavy atom. The summed E-state index contributed by atoms with van der Waals surface area (Å²) in [6.45, 7) is 1.75. The summed E-state index contributed by atoms with van der Waals surface area (Å²) >= 11 is 0. The monoisotopic (exact) mass is 284 g/mol. The van der Waals surface area contributed by atoms with Crippen molar-refractivity contribution in [1.29, 1.82) is 0 Å². The molecule has 1 saturated heterocycles. The second-order valence-electron chi connectivity index (χ2n) is 5.52. The van der Waals surface area contributed by atoms with E-state index in [1.165, 1.54) is 12.8 Å². The number of nitrogens with zero attached hydrogens (tertiary/aromatic N) is 2. The third-order valence-electron chi connectivity index (χ3n) is 3.91. The van der Waals surface area contributed by atoms with Gasteiger partial charge in [0.25, 0.3) is 0 Å². The lowest BCUT2D eigenvalue weighted by atomic mass is 10.1. The fourth-order valence-electron chi connectivity index (χ4n) is 2.72. The number of carbonyl (C=O) groups is 1. The van der Waals surface area contributed by atoms with Crippen LogP contribution in [-0.4, -0.2) is 29.1 Å². The number of benzene rings is 1. The summed E-state index contributed by atoms with van der Waals surface area (Å²) in [7, 11) is 0. The lowest BCUT2D eigenvalue weighted by Crippen LogP contribution is -2.33. The van der Waals surface area contributed by atoms with Crippen molar-refractivity contribution in [2.45, 2.75) is 32.1 Å². The van der Waals surface area contributed by atoms with Crippen molar-refractivity contribution in [3.63, 3.8) is 0 Å². The maximum atomic E-state index is 12.3. The van der Waals surface area contributed by atoms with E-state index in [1.807, 2.05) is 41.3 Å². The maximum absolute atomic E-state index is 12.3. The van der Waals surface area contributed by atoms with Crippen LogP contribution in [0.5, 0.6) is 0 Å². The molecule has 1 aliphatic rings. The molecule has 3 rings (SSSR count).